The molecule has 5 aromatic rings. The molecule has 0 aromatic carbocycles. The van der Waals surface area contributed by atoms with Crippen LogP contribution in [0.3, 0.4) is 0 Å². The Bertz CT molecular complexity index is 1650. The zero-order valence-electron chi connectivity index (χ0n) is 20.2. The largest absolute Gasteiger partial charge is 0.383 e. The molecule has 0 radical (unpaired) electrons. The van der Waals surface area contributed by atoms with E-state index in [1.165, 1.54) is 12.3 Å². The Labute approximate surface area is 216 Å². The van der Waals surface area contributed by atoms with E-state index in [9.17, 15) is 4.39 Å². The normalized spacial score (nSPS) is 13.9. The summed E-state index contributed by atoms with van der Waals surface area (Å²) in [4.78, 5) is 26.0. The molecule has 0 atom stereocenters. The number of piperidine rings is 1. The monoisotopic (exact) mass is 507 g/mol. The molecule has 0 unspecified atom stereocenters. The van der Waals surface area contributed by atoms with Crippen LogP contribution in [0, 0.1) is 17.3 Å². The summed E-state index contributed by atoms with van der Waals surface area (Å²) in [6, 6.07) is 14.3. The summed E-state index contributed by atoms with van der Waals surface area (Å²) in [5.74, 6) is 1.24. The van der Waals surface area contributed by atoms with Crippen LogP contribution in [-0.2, 0) is 0 Å². The number of anilines is 2. The Hall–Kier alpha value is -5.18. The number of fused-ring (bicyclic) bond motifs is 1. The van der Waals surface area contributed by atoms with E-state index >= 15 is 0 Å². The van der Waals surface area contributed by atoms with E-state index in [2.05, 4.69) is 30.3 Å². The Morgan fingerprint density at radius 1 is 0.974 bits per heavy atom. The maximum atomic E-state index is 13.4. The van der Waals surface area contributed by atoms with Crippen LogP contribution in [0.2, 0.25) is 0 Å². The molecule has 6 rings (SSSR count). The number of rotatable bonds is 5. The first-order valence-corrected chi connectivity index (χ1v) is 12.1. The topological polar surface area (TPSA) is 147 Å². The number of halogens is 1. The van der Waals surface area contributed by atoms with Crippen molar-refractivity contribution >= 4 is 22.8 Å². The van der Waals surface area contributed by atoms with Crippen LogP contribution in [0.1, 0.15) is 18.7 Å². The highest BCUT2D eigenvalue weighted by Gasteiger charge is 2.26. The summed E-state index contributed by atoms with van der Waals surface area (Å²) in [5, 5.41) is 14.7. The van der Waals surface area contributed by atoms with Crippen molar-refractivity contribution in [2.75, 3.05) is 29.1 Å². The van der Waals surface area contributed by atoms with Gasteiger partial charge in [-0.05, 0) is 55.3 Å². The fourth-order valence-electron chi connectivity index (χ4n) is 4.60. The fraction of sp³-hybridized carbons (Fsp3) is 0.192. The third kappa shape index (κ3) is 4.41. The third-order valence-corrected chi connectivity index (χ3v) is 6.45. The molecule has 12 heteroatoms. The minimum atomic E-state index is -0.545. The molecule has 3 N–H and O–H groups in total. The number of hydrogen-bond donors (Lipinski definition) is 2. The van der Waals surface area contributed by atoms with Crippen LogP contribution in [0.4, 0.5) is 16.0 Å². The number of nitrogens with zero attached hydrogens (tertiary/aromatic N) is 9. The second kappa shape index (κ2) is 9.70. The summed E-state index contributed by atoms with van der Waals surface area (Å²) in [6.45, 7) is 1.41. The van der Waals surface area contributed by atoms with E-state index < -0.39 is 5.95 Å². The van der Waals surface area contributed by atoms with Gasteiger partial charge in [0.25, 0.3) is 0 Å². The first-order chi connectivity index (χ1) is 18.6. The van der Waals surface area contributed by atoms with Crippen LogP contribution in [0.15, 0.2) is 61.1 Å². The fourth-order valence-corrected chi connectivity index (χ4v) is 4.60. The van der Waals surface area contributed by atoms with Gasteiger partial charge in [-0.1, -0.05) is 0 Å². The number of nitrogen functional groups attached to an aromatic ring is 1. The van der Waals surface area contributed by atoms with E-state index in [0.29, 0.717) is 58.5 Å². The van der Waals surface area contributed by atoms with Gasteiger partial charge >= 0.3 is 0 Å². The van der Waals surface area contributed by atoms with Crippen LogP contribution in [-0.4, -0.2) is 53.7 Å². The lowest BCUT2D eigenvalue weighted by molar-refractivity contribution is 0.455. The SMILES string of the molecule is N#Cc1nccc(NC2CCN(n3c(-c4cccnc4N)nc4ccc(-c5ccc(F)nc5)nc43)CC2)n1. The minimum absolute atomic E-state index is 0.134. The molecular weight excluding hydrogens is 485 g/mol. The van der Waals surface area contributed by atoms with E-state index in [1.54, 1.807) is 24.5 Å². The molecule has 188 valence electrons. The zero-order chi connectivity index (χ0) is 26.1. The molecule has 0 spiro atoms. The second-order valence-corrected chi connectivity index (χ2v) is 8.84. The van der Waals surface area contributed by atoms with Gasteiger partial charge in [0.1, 0.15) is 23.2 Å². The van der Waals surface area contributed by atoms with Crippen molar-refractivity contribution in [3.05, 3.63) is 72.8 Å². The van der Waals surface area contributed by atoms with Crippen LogP contribution >= 0.6 is 0 Å². The first kappa shape index (κ1) is 23.2. The van der Waals surface area contributed by atoms with Gasteiger partial charge in [-0.25, -0.2) is 34.6 Å². The Kier molecular flexibility index (Phi) is 5.93. The summed E-state index contributed by atoms with van der Waals surface area (Å²) < 4.78 is 15.4. The minimum Gasteiger partial charge on any atom is -0.383 e. The summed E-state index contributed by atoms with van der Waals surface area (Å²) in [5.41, 5.74) is 9.68. The van der Waals surface area contributed by atoms with Gasteiger partial charge in [-0.2, -0.15) is 9.65 Å². The molecule has 1 saturated heterocycles. The molecule has 1 aliphatic heterocycles. The number of aromatic nitrogens is 7. The van der Waals surface area contributed by atoms with Crippen molar-refractivity contribution in [2.45, 2.75) is 18.9 Å². The number of nitrogens with two attached hydrogens (primary N) is 1. The number of nitrogens with one attached hydrogen (secondary N) is 1. The van der Waals surface area contributed by atoms with Gasteiger partial charge in [-0.3, -0.25) is 0 Å². The summed E-state index contributed by atoms with van der Waals surface area (Å²) in [6.07, 6.45) is 6.31. The molecule has 0 bridgehead atoms. The van der Waals surface area contributed by atoms with Crippen molar-refractivity contribution < 1.29 is 4.39 Å². The lowest BCUT2D eigenvalue weighted by Crippen LogP contribution is -2.45. The van der Waals surface area contributed by atoms with Gasteiger partial charge in [0.05, 0.1) is 11.3 Å². The van der Waals surface area contributed by atoms with Crippen LogP contribution in [0.25, 0.3) is 33.8 Å². The molecule has 1 fully saturated rings. The molecule has 0 aliphatic carbocycles. The molecule has 0 saturated carbocycles. The summed E-state index contributed by atoms with van der Waals surface area (Å²) >= 11 is 0. The van der Waals surface area contributed by atoms with Gasteiger partial charge in [0.15, 0.2) is 11.5 Å². The van der Waals surface area contributed by atoms with E-state index in [0.717, 1.165) is 12.8 Å². The molecular formula is C26H22FN11. The van der Waals surface area contributed by atoms with Crippen molar-refractivity contribution in [1.29, 1.82) is 5.26 Å². The summed E-state index contributed by atoms with van der Waals surface area (Å²) in [7, 11) is 0. The van der Waals surface area contributed by atoms with Gasteiger partial charge in [0, 0.05) is 43.3 Å². The maximum Gasteiger partial charge on any atom is 0.234 e. The molecule has 6 heterocycles. The van der Waals surface area contributed by atoms with Crippen LogP contribution < -0.4 is 16.1 Å². The zero-order valence-corrected chi connectivity index (χ0v) is 20.2. The number of pyridine rings is 3. The molecule has 5 aromatic heterocycles. The lowest BCUT2D eigenvalue weighted by atomic mass is 10.1. The second-order valence-electron chi connectivity index (χ2n) is 8.84. The maximum absolute atomic E-state index is 13.4. The average Bonchev–Trinajstić information content (AvgIpc) is 3.33. The molecule has 0 amide bonds. The highest BCUT2D eigenvalue weighted by molar-refractivity contribution is 5.82. The average molecular weight is 508 g/mol. The van der Waals surface area contributed by atoms with Gasteiger partial charge in [-0.15, -0.1) is 0 Å². The van der Waals surface area contributed by atoms with Crippen molar-refractivity contribution in [3.63, 3.8) is 0 Å². The van der Waals surface area contributed by atoms with Gasteiger partial charge in [0.2, 0.25) is 11.8 Å². The van der Waals surface area contributed by atoms with Crippen molar-refractivity contribution in [1.82, 2.24) is 34.6 Å². The highest BCUT2D eigenvalue weighted by Crippen LogP contribution is 2.30. The predicted octanol–water partition coefficient (Wildman–Crippen LogP) is 3.15. The van der Waals surface area contributed by atoms with Crippen molar-refractivity contribution in [2.24, 2.45) is 0 Å². The Morgan fingerprint density at radius 3 is 2.61 bits per heavy atom. The van der Waals surface area contributed by atoms with E-state index in [-0.39, 0.29) is 11.9 Å². The highest BCUT2D eigenvalue weighted by atomic mass is 19.1. The number of hydrogen-bond acceptors (Lipinski definition) is 10. The molecule has 1 aliphatic rings. The first-order valence-electron chi connectivity index (χ1n) is 12.1. The Morgan fingerprint density at radius 2 is 1.84 bits per heavy atom. The molecule has 38 heavy (non-hydrogen) atoms. The smallest absolute Gasteiger partial charge is 0.234 e. The van der Waals surface area contributed by atoms with E-state index in [4.69, 9.17) is 21.0 Å². The number of imidazole rings is 1. The molecule has 11 nitrogen and oxygen atoms in total. The van der Waals surface area contributed by atoms with E-state index in [1.807, 2.05) is 35.0 Å². The van der Waals surface area contributed by atoms with Crippen molar-refractivity contribution in [3.8, 4) is 28.7 Å². The number of nitriles is 1. The standard InChI is InChI=1S/C26H22FN11/c27-21-6-3-16(15-32-21)19-4-5-20-26(34-19)38(25(35-20)18-2-1-10-31-24(18)29)37-12-8-17(9-13-37)33-22-7-11-30-23(14-28)36-22/h1-7,10-11,15,17H,8-9,12-13H2,(H2,29,31)(H,30,33,36). The predicted molar refractivity (Wildman–Crippen MR) is 140 cm³/mol. The Balaban J connectivity index is 1.35. The third-order valence-electron chi connectivity index (χ3n) is 6.45. The lowest BCUT2D eigenvalue weighted by Gasteiger charge is -2.35. The quantitative estimate of drug-likeness (QED) is 0.340. The van der Waals surface area contributed by atoms with Crippen LogP contribution in [0.5, 0.6) is 0 Å². The van der Waals surface area contributed by atoms with Gasteiger partial charge < -0.3 is 16.1 Å².